The monoisotopic (exact) mass is 369 g/mol. The number of benzene rings is 1. The summed E-state index contributed by atoms with van der Waals surface area (Å²) in [7, 11) is 0. The highest BCUT2D eigenvalue weighted by atomic mass is 32.1. The van der Waals surface area contributed by atoms with Crippen molar-refractivity contribution in [3.8, 4) is 0 Å². The van der Waals surface area contributed by atoms with Crippen LogP contribution in [0.25, 0.3) is 0 Å². The van der Waals surface area contributed by atoms with Gasteiger partial charge < -0.3 is 10.2 Å². The number of nitrogens with zero attached hydrogens (tertiary/aromatic N) is 2. The Bertz CT molecular complexity index is 832. The summed E-state index contributed by atoms with van der Waals surface area (Å²) in [4.78, 5) is 30.1. The number of nitrogens with one attached hydrogen (secondary N) is 1. The van der Waals surface area contributed by atoms with E-state index >= 15 is 0 Å². The third-order valence-corrected chi connectivity index (χ3v) is 4.76. The number of carbonyl (C=O) groups is 2. The van der Waals surface area contributed by atoms with Crippen molar-refractivity contribution in [2.24, 2.45) is 0 Å². The first kappa shape index (κ1) is 17.4. The Morgan fingerprint density at radius 2 is 2.00 bits per heavy atom. The van der Waals surface area contributed by atoms with Crippen LogP contribution in [0.5, 0.6) is 0 Å². The van der Waals surface area contributed by atoms with Gasteiger partial charge >= 0.3 is 6.18 Å². The molecule has 0 radical (unpaired) electrons. The van der Waals surface area contributed by atoms with Crippen molar-refractivity contribution in [1.82, 2.24) is 9.88 Å². The number of anilines is 1. The number of hydrogen-bond donors (Lipinski definition) is 1. The van der Waals surface area contributed by atoms with Crippen LogP contribution in [0.1, 0.15) is 33.4 Å². The highest BCUT2D eigenvalue weighted by Crippen LogP contribution is 2.34. The van der Waals surface area contributed by atoms with Gasteiger partial charge in [0.05, 0.1) is 23.4 Å². The first-order chi connectivity index (χ1) is 11.8. The highest BCUT2D eigenvalue weighted by Gasteiger charge is 2.36. The van der Waals surface area contributed by atoms with Crippen molar-refractivity contribution < 1.29 is 22.8 Å². The van der Waals surface area contributed by atoms with E-state index in [0.717, 1.165) is 16.6 Å². The quantitative estimate of drug-likeness (QED) is 0.883. The van der Waals surface area contributed by atoms with E-state index in [2.05, 4.69) is 10.3 Å². The number of carbonyl (C=O) groups excluding carboxylic acids is 2. The smallest absolute Gasteiger partial charge is 0.333 e. The zero-order valence-corrected chi connectivity index (χ0v) is 14.0. The fourth-order valence-electron chi connectivity index (χ4n) is 2.66. The highest BCUT2D eigenvalue weighted by molar-refractivity contribution is 7.15. The number of amides is 2. The predicted molar refractivity (Wildman–Crippen MR) is 86.3 cm³/mol. The molecule has 0 unspecified atom stereocenters. The third kappa shape index (κ3) is 3.65. The lowest BCUT2D eigenvalue weighted by Gasteiger charge is -2.27. The van der Waals surface area contributed by atoms with Gasteiger partial charge in [-0.1, -0.05) is 23.5 Å². The van der Waals surface area contributed by atoms with E-state index in [9.17, 15) is 22.8 Å². The lowest BCUT2D eigenvalue weighted by molar-refractivity contribution is -0.138. The summed E-state index contributed by atoms with van der Waals surface area (Å²) in [5, 5.41) is 3.02. The molecule has 2 heterocycles. The van der Waals surface area contributed by atoms with Gasteiger partial charge in [-0.25, -0.2) is 4.98 Å². The number of fused-ring (bicyclic) bond motifs is 1. The van der Waals surface area contributed by atoms with Gasteiger partial charge in [-0.3, -0.25) is 9.59 Å². The maximum absolute atomic E-state index is 13.1. The van der Waals surface area contributed by atoms with Crippen LogP contribution in [0.3, 0.4) is 0 Å². The number of hydrogen-bond acceptors (Lipinski definition) is 4. The molecule has 25 heavy (non-hydrogen) atoms. The molecular weight excluding hydrogens is 355 g/mol. The number of aromatic nitrogens is 1. The number of rotatable bonds is 2. The Morgan fingerprint density at radius 1 is 1.28 bits per heavy atom. The first-order valence-electron chi connectivity index (χ1n) is 7.47. The zero-order chi connectivity index (χ0) is 18.2. The average Bonchev–Trinajstić information content (AvgIpc) is 2.93. The summed E-state index contributed by atoms with van der Waals surface area (Å²) in [5.41, 5.74) is -0.527. The predicted octanol–water partition coefficient (Wildman–Crippen LogP) is 3.32. The first-order valence-corrected chi connectivity index (χ1v) is 8.29. The van der Waals surface area contributed by atoms with Crippen molar-refractivity contribution in [1.29, 1.82) is 0 Å². The second-order valence-electron chi connectivity index (χ2n) is 5.59. The van der Waals surface area contributed by atoms with Gasteiger partial charge in [-0.15, -0.1) is 0 Å². The van der Waals surface area contributed by atoms with Crippen molar-refractivity contribution in [3.05, 3.63) is 46.0 Å². The molecule has 0 fully saturated rings. The second-order valence-corrected chi connectivity index (χ2v) is 6.67. The minimum Gasteiger partial charge on any atom is -0.333 e. The largest absolute Gasteiger partial charge is 0.417 e. The number of alkyl halides is 3. The van der Waals surface area contributed by atoms with Crippen LogP contribution < -0.4 is 5.32 Å². The molecule has 1 aromatic carbocycles. The van der Waals surface area contributed by atoms with Crippen LogP contribution in [0.4, 0.5) is 18.3 Å². The minimum absolute atomic E-state index is 0.178. The number of halogens is 3. The molecule has 5 nitrogen and oxygen atoms in total. The van der Waals surface area contributed by atoms with Crippen molar-refractivity contribution >= 4 is 28.3 Å². The van der Waals surface area contributed by atoms with Crippen molar-refractivity contribution in [2.75, 3.05) is 11.9 Å². The summed E-state index contributed by atoms with van der Waals surface area (Å²) >= 11 is 1.23. The molecule has 1 N–H and O–H groups in total. The Kier molecular flexibility index (Phi) is 4.51. The molecule has 1 aliphatic heterocycles. The summed E-state index contributed by atoms with van der Waals surface area (Å²) in [6.45, 7) is 1.82. The van der Waals surface area contributed by atoms with E-state index in [0.29, 0.717) is 11.6 Å². The zero-order valence-electron chi connectivity index (χ0n) is 13.2. The maximum Gasteiger partial charge on any atom is 0.417 e. The van der Waals surface area contributed by atoms with Crippen molar-refractivity contribution in [3.63, 3.8) is 0 Å². The fraction of sp³-hybridized carbons (Fsp3) is 0.312. The van der Waals surface area contributed by atoms with Crippen LogP contribution in [0.2, 0.25) is 0 Å². The van der Waals surface area contributed by atoms with Gasteiger partial charge in [0.15, 0.2) is 5.13 Å². The lowest BCUT2D eigenvalue weighted by atomic mass is 10.0. The average molecular weight is 369 g/mol. The van der Waals surface area contributed by atoms with Crippen LogP contribution in [0, 0.1) is 0 Å². The topological polar surface area (TPSA) is 62.3 Å². The molecule has 2 aromatic rings. The Hall–Kier alpha value is -2.42. The molecular formula is C16H14F3N3O2S. The molecule has 3 rings (SSSR count). The van der Waals surface area contributed by atoms with Crippen LogP contribution >= 0.6 is 11.3 Å². The van der Waals surface area contributed by atoms with Gasteiger partial charge in [0.1, 0.15) is 0 Å². The van der Waals surface area contributed by atoms with E-state index in [-0.39, 0.29) is 24.6 Å². The molecule has 9 heteroatoms. The molecule has 0 saturated heterocycles. The lowest BCUT2D eigenvalue weighted by Crippen LogP contribution is -2.36. The van der Waals surface area contributed by atoms with Crippen LogP contribution in [-0.4, -0.2) is 28.2 Å². The SMILES string of the molecule is CC(=O)Nc1nc2c(s1)CN(C(=O)c1ccccc1C(F)(F)F)CC2. The third-order valence-electron chi connectivity index (χ3n) is 3.76. The van der Waals surface area contributed by atoms with E-state index in [1.54, 1.807) is 0 Å². The van der Waals surface area contributed by atoms with Crippen LogP contribution in [0.15, 0.2) is 24.3 Å². The number of thiazole rings is 1. The normalized spacial score (nSPS) is 14.2. The van der Waals surface area contributed by atoms with E-state index < -0.39 is 17.6 Å². The van der Waals surface area contributed by atoms with Gasteiger partial charge in [0, 0.05) is 24.8 Å². The molecule has 132 valence electrons. The molecule has 1 aliphatic rings. The van der Waals surface area contributed by atoms with E-state index in [1.165, 1.54) is 41.4 Å². The van der Waals surface area contributed by atoms with E-state index in [4.69, 9.17) is 0 Å². The summed E-state index contributed by atoms with van der Waals surface area (Å²) < 4.78 is 39.4. The van der Waals surface area contributed by atoms with Crippen LogP contribution in [-0.2, 0) is 23.9 Å². The van der Waals surface area contributed by atoms with Gasteiger partial charge in [0.2, 0.25) is 5.91 Å². The minimum atomic E-state index is -4.59. The van der Waals surface area contributed by atoms with Gasteiger partial charge in [0.25, 0.3) is 5.91 Å². The van der Waals surface area contributed by atoms with Gasteiger partial charge in [-0.05, 0) is 12.1 Å². The molecule has 0 aliphatic carbocycles. The summed E-state index contributed by atoms with van der Waals surface area (Å²) in [5.74, 6) is -0.911. The molecule has 0 bridgehead atoms. The molecule has 2 amide bonds. The fourth-order valence-corrected chi connectivity index (χ4v) is 3.73. The van der Waals surface area contributed by atoms with E-state index in [1.807, 2.05) is 0 Å². The van der Waals surface area contributed by atoms with Gasteiger partial charge in [-0.2, -0.15) is 13.2 Å². The summed E-state index contributed by atoms with van der Waals surface area (Å²) in [6.07, 6.45) is -4.15. The molecule has 0 atom stereocenters. The second kappa shape index (κ2) is 6.47. The maximum atomic E-state index is 13.1. The Labute approximate surface area is 145 Å². The van der Waals surface area contributed by atoms with Crippen molar-refractivity contribution in [2.45, 2.75) is 26.1 Å². The Balaban J connectivity index is 1.84. The standard InChI is InChI=1S/C16H14F3N3O2S/c1-9(23)20-15-21-12-6-7-22(8-13(12)25-15)14(24)10-4-2-3-5-11(10)16(17,18)19/h2-5H,6-8H2,1H3,(H,20,21,23). The Morgan fingerprint density at radius 3 is 2.68 bits per heavy atom. The molecule has 1 aromatic heterocycles. The molecule has 0 saturated carbocycles. The summed E-state index contributed by atoms with van der Waals surface area (Å²) in [6, 6.07) is 4.77. The molecule has 0 spiro atoms.